The molecule has 1 aliphatic heterocycles. The van der Waals surface area contributed by atoms with Crippen LogP contribution in [0.4, 0.5) is 0 Å². The van der Waals surface area contributed by atoms with E-state index < -0.39 is 0 Å². The normalized spacial score (nSPS) is 14.9. The van der Waals surface area contributed by atoms with Crippen LogP contribution in [0.3, 0.4) is 0 Å². The number of likely N-dealkylation sites (tertiary alicyclic amines) is 1. The van der Waals surface area contributed by atoms with Crippen molar-refractivity contribution < 1.29 is 4.79 Å². The lowest BCUT2D eigenvalue weighted by Gasteiger charge is -2.38. The van der Waals surface area contributed by atoms with Crippen LogP contribution in [0.25, 0.3) is 11.0 Å². The summed E-state index contributed by atoms with van der Waals surface area (Å²) in [7, 11) is 0. The van der Waals surface area contributed by atoms with E-state index in [1.165, 1.54) is 5.56 Å². The van der Waals surface area contributed by atoms with E-state index in [0.717, 1.165) is 35.5 Å². The van der Waals surface area contributed by atoms with E-state index in [1.54, 1.807) is 0 Å². The van der Waals surface area contributed by atoms with E-state index in [2.05, 4.69) is 29.0 Å². The second-order valence-electron chi connectivity index (χ2n) is 6.30. The maximum atomic E-state index is 12.4. The highest BCUT2D eigenvalue weighted by molar-refractivity contribution is 5.80. The molecule has 1 saturated heterocycles. The molecule has 116 valence electrons. The Hall–Kier alpha value is -2.62. The number of carbonyl (C=O) groups is 1. The molecule has 4 nitrogen and oxygen atoms in total. The van der Waals surface area contributed by atoms with Crippen molar-refractivity contribution in [2.75, 3.05) is 13.1 Å². The van der Waals surface area contributed by atoms with Crippen LogP contribution in [0.1, 0.15) is 22.9 Å². The molecule has 23 heavy (non-hydrogen) atoms. The number of hydrogen-bond acceptors (Lipinski definition) is 2. The van der Waals surface area contributed by atoms with Crippen LogP contribution in [0.2, 0.25) is 0 Å². The molecule has 1 amide bonds. The summed E-state index contributed by atoms with van der Waals surface area (Å²) in [6.07, 6.45) is 0.481. The van der Waals surface area contributed by atoms with Gasteiger partial charge in [-0.15, -0.1) is 0 Å². The smallest absolute Gasteiger partial charge is 0.227 e. The molecule has 0 spiro atoms. The highest BCUT2D eigenvalue weighted by Crippen LogP contribution is 2.27. The second-order valence-corrected chi connectivity index (χ2v) is 6.30. The second kappa shape index (κ2) is 5.54. The molecule has 2 aromatic carbocycles. The van der Waals surface area contributed by atoms with E-state index in [1.807, 2.05) is 41.3 Å². The summed E-state index contributed by atoms with van der Waals surface area (Å²) in [4.78, 5) is 22.3. The third kappa shape index (κ3) is 2.72. The van der Waals surface area contributed by atoms with Crippen molar-refractivity contribution in [2.24, 2.45) is 0 Å². The zero-order valence-electron chi connectivity index (χ0n) is 13.1. The number of imidazole rings is 1. The van der Waals surface area contributed by atoms with Crippen LogP contribution in [-0.4, -0.2) is 33.9 Å². The number of fused-ring (bicyclic) bond motifs is 1. The highest BCUT2D eigenvalue weighted by Gasteiger charge is 2.33. The Kier molecular flexibility index (Phi) is 3.37. The van der Waals surface area contributed by atoms with Crippen LogP contribution in [-0.2, 0) is 11.2 Å². The lowest BCUT2D eigenvalue weighted by molar-refractivity contribution is -0.134. The van der Waals surface area contributed by atoms with E-state index in [0.29, 0.717) is 12.3 Å². The van der Waals surface area contributed by atoms with Crippen LogP contribution >= 0.6 is 0 Å². The molecule has 1 fully saturated rings. The predicted molar refractivity (Wildman–Crippen MR) is 90.3 cm³/mol. The average molecular weight is 305 g/mol. The number of rotatable bonds is 3. The van der Waals surface area contributed by atoms with Crippen LogP contribution in [0, 0.1) is 6.92 Å². The molecule has 4 heteroatoms. The lowest BCUT2D eigenvalue weighted by Crippen LogP contribution is -2.49. The summed E-state index contributed by atoms with van der Waals surface area (Å²) in [5, 5.41) is 0. The van der Waals surface area contributed by atoms with Crippen molar-refractivity contribution in [3.8, 4) is 0 Å². The standard InChI is InChI=1S/C19H19N3O/c1-13-5-4-6-14(9-13)10-18(23)22-11-15(12-22)19-20-16-7-2-3-8-17(16)21-19/h2-9,15H,10-12H2,1H3,(H,20,21). The molecule has 0 atom stereocenters. The van der Waals surface area contributed by atoms with Crippen LogP contribution < -0.4 is 0 Å². The quantitative estimate of drug-likeness (QED) is 0.808. The summed E-state index contributed by atoms with van der Waals surface area (Å²) in [6.45, 7) is 3.56. The van der Waals surface area contributed by atoms with Gasteiger partial charge in [0.1, 0.15) is 5.82 Å². The Morgan fingerprint density at radius 3 is 2.83 bits per heavy atom. The molecule has 0 aliphatic carbocycles. The Morgan fingerprint density at radius 1 is 1.22 bits per heavy atom. The fraction of sp³-hybridized carbons (Fsp3) is 0.263. The fourth-order valence-electron chi connectivity index (χ4n) is 3.13. The third-order valence-corrected chi connectivity index (χ3v) is 4.47. The number of aromatic nitrogens is 2. The number of amides is 1. The summed E-state index contributed by atoms with van der Waals surface area (Å²) in [5.74, 6) is 1.51. The summed E-state index contributed by atoms with van der Waals surface area (Å²) >= 11 is 0. The van der Waals surface area contributed by atoms with Gasteiger partial charge in [0.2, 0.25) is 5.91 Å². The lowest BCUT2D eigenvalue weighted by atomic mass is 9.98. The molecule has 0 radical (unpaired) electrons. The molecular formula is C19H19N3O. The van der Waals surface area contributed by atoms with Crippen molar-refractivity contribution in [2.45, 2.75) is 19.3 Å². The van der Waals surface area contributed by atoms with Gasteiger partial charge in [0.05, 0.1) is 23.4 Å². The van der Waals surface area contributed by atoms with Gasteiger partial charge in [-0.2, -0.15) is 0 Å². The molecule has 4 rings (SSSR count). The van der Waals surface area contributed by atoms with Gasteiger partial charge >= 0.3 is 0 Å². The minimum atomic E-state index is 0.197. The van der Waals surface area contributed by atoms with Gasteiger partial charge in [-0.25, -0.2) is 4.98 Å². The Morgan fingerprint density at radius 2 is 2.04 bits per heavy atom. The number of para-hydroxylation sites is 2. The van der Waals surface area contributed by atoms with Gasteiger partial charge in [0.15, 0.2) is 0 Å². The summed E-state index contributed by atoms with van der Waals surface area (Å²) < 4.78 is 0. The minimum Gasteiger partial charge on any atom is -0.342 e. The minimum absolute atomic E-state index is 0.197. The Balaban J connectivity index is 1.40. The molecule has 0 unspecified atom stereocenters. The molecule has 3 aromatic rings. The van der Waals surface area contributed by atoms with E-state index in [-0.39, 0.29) is 5.91 Å². The first kappa shape index (κ1) is 14.0. The molecule has 1 N–H and O–H groups in total. The van der Waals surface area contributed by atoms with Crippen molar-refractivity contribution in [3.63, 3.8) is 0 Å². The van der Waals surface area contributed by atoms with Crippen LogP contribution in [0.15, 0.2) is 48.5 Å². The van der Waals surface area contributed by atoms with Gasteiger partial charge in [-0.3, -0.25) is 4.79 Å². The van der Waals surface area contributed by atoms with Gasteiger partial charge < -0.3 is 9.88 Å². The van der Waals surface area contributed by atoms with Gasteiger partial charge in [-0.05, 0) is 24.6 Å². The largest absolute Gasteiger partial charge is 0.342 e. The monoisotopic (exact) mass is 305 g/mol. The number of nitrogens with one attached hydrogen (secondary N) is 1. The number of hydrogen-bond donors (Lipinski definition) is 1. The van der Waals surface area contributed by atoms with Crippen molar-refractivity contribution >= 4 is 16.9 Å². The first-order valence-corrected chi connectivity index (χ1v) is 7.97. The van der Waals surface area contributed by atoms with Gasteiger partial charge in [0, 0.05) is 13.1 Å². The zero-order valence-corrected chi connectivity index (χ0v) is 13.1. The topological polar surface area (TPSA) is 49.0 Å². The Bertz CT molecular complexity index is 829. The maximum absolute atomic E-state index is 12.4. The van der Waals surface area contributed by atoms with Crippen molar-refractivity contribution in [1.82, 2.24) is 14.9 Å². The van der Waals surface area contributed by atoms with Crippen molar-refractivity contribution in [1.29, 1.82) is 0 Å². The number of aromatic amines is 1. The van der Waals surface area contributed by atoms with Crippen molar-refractivity contribution in [3.05, 3.63) is 65.5 Å². The first-order chi connectivity index (χ1) is 11.2. The highest BCUT2D eigenvalue weighted by atomic mass is 16.2. The number of H-pyrrole nitrogens is 1. The summed E-state index contributed by atoms with van der Waals surface area (Å²) in [5.41, 5.74) is 4.33. The zero-order chi connectivity index (χ0) is 15.8. The number of carbonyl (C=O) groups excluding carboxylic acids is 1. The molecular weight excluding hydrogens is 286 g/mol. The molecule has 2 heterocycles. The summed E-state index contributed by atoms with van der Waals surface area (Å²) in [6, 6.07) is 16.2. The number of aryl methyl sites for hydroxylation is 1. The average Bonchev–Trinajstić information content (AvgIpc) is 2.89. The SMILES string of the molecule is Cc1cccc(CC(=O)N2CC(c3nc4ccccc4[nH]3)C2)c1. The predicted octanol–water partition coefficient (Wildman–Crippen LogP) is 3.04. The Labute approximate surface area is 135 Å². The molecule has 1 aromatic heterocycles. The molecule has 0 saturated carbocycles. The third-order valence-electron chi connectivity index (χ3n) is 4.47. The van der Waals surface area contributed by atoms with E-state index >= 15 is 0 Å². The molecule has 0 bridgehead atoms. The van der Waals surface area contributed by atoms with Gasteiger partial charge in [-0.1, -0.05) is 42.0 Å². The van der Waals surface area contributed by atoms with E-state index in [4.69, 9.17) is 0 Å². The maximum Gasteiger partial charge on any atom is 0.227 e. The molecule has 1 aliphatic rings. The number of benzene rings is 2. The van der Waals surface area contributed by atoms with Crippen LogP contribution in [0.5, 0.6) is 0 Å². The fourth-order valence-corrected chi connectivity index (χ4v) is 3.13. The number of nitrogens with zero attached hydrogens (tertiary/aromatic N) is 2. The van der Waals surface area contributed by atoms with E-state index in [9.17, 15) is 4.79 Å². The van der Waals surface area contributed by atoms with Gasteiger partial charge in [0.25, 0.3) is 0 Å². The first-order valence-electron chi connectivity index (χ1n) is 7.97.